The predicted octanol–water partition coefficient (Wildman–Crippen LogP) is 5.39. The van der Waals surface area contributed by atoms with Crippen LogP contribution in [0.4, 0.5) is 0 Å². The van der Waals surface area contributed by atoms with Gasteiger partial charge in [-0.05, 0) is 41.7 Å². The van der Waals surface area contributed by atoms with Crippen LogP contribution in [0.5, 0.6) is 0 Å². The van der Waals surface area contributed by atoms with Gasteiger partial charge in [0.25, 0.3) is 0 Å². The SMILES string of the molecule is C=Cc1ccc(CC(C)P(c2ccccc2)c2ccccc2)cc1. The Morgan fingerprint density at radius 3 is 1.75 bits per heavy atom. The third kappa shape index (κ3) is 4.02. The smallest absolute Gasteiger partial charge is 0.0117 e. The lowest BCUT2D eigenvalue weighted by Gasteiger charge is -2.26. The minimum absolute atomic E-state index is 0.367. The molecule has 0 heterocycles. The van der Waals surface area contributed by atoms with E-state index in [-0.39, 0.29) is 7.92 Å². The molecule has 0 spiro atoms. The van der Waals surface area contributed by atoms with E-state index in [2.05, 4.69) is 98.4 Å². The Bertz CT molecular complexity index is 721. The van der Waals surface area contributed by atoms with Gasteiger partial charge >= 0.3 is 0 Å². The van der Waals surface area contributed by atoms with Gasteiger partial charge in [-0.3, -0.25) is 0 Å². The maximum atomic E-state index is 3.83. The first-order valence-electron chi connectivity index (χ1n) is 8.38. The Hall–Kier alpha value is -2.17. The summed E-state index contributed by atoms with van der Waals surface area (Å²) in [5, 5.41) is 2.91. The van der Waals surface area contributed by atoms with E-state index in [0.29, 0.717) is 5.66 Å². The van der Waals surface area contributed by atoms with Crippen LogP contribution in [0, 0.1) is 0 Å². The molecule has 3 aromatic carbocycles. The maximum Gasteiger partial charge on any atom is -0.0117 e. The standard InChI is InChI=1S/C23H23P/c1-3-20-14-16-21(17-15-20)18-19(2)24(22-10-6-4-7-11-22)23-12-8-5-9-13-23/h3-17,19H,1,18H2,2H3. The number of hydrogen-bond donors (Lipinski definition) is 0. The largest absolute Gasteiger partial charge is 0.0985 e. The molecule has 0 aliphatic heterocycles. The topological polar surface area (TPSA) is 0 Å². The van der Waals surface area contributed by atoms with Crippen LogP contribution < -0.4 is 10.6 Å². The van der Waals surface area contributed by atoms with E-state index in [9.17, 15) is 0 Å². The molecule has 0 N–H and O–H groups in total. The number of benzene rings is 3. The third-order valence-electron chi connectivity index (χ3n) is 4.26. The number of hydrogen-bond acceptors (Lipinski definition) is 0. The summed E-state index contributed by atoms with van der Waals surface area (Å²) in [7, 11) is -0.367. The molecule has 1 unspecified atom stereocenters. The summed E-state index contributed by atoms with van der Waals surface area (Å²) in [4.78, 5) is 0. The maximum absolute atomic E-state index is 3.83. The van der Waals surface area contributed by atoms with Gasteiger partial charge in [-0.1, -0.05) is 105 Å². The zero-order valence-electron chi connectivity index (χ0n) is 14.1. The average Bonchev–Trinajstić information content (AvgIpc) is 2.64. The predicted molar refractivity (Wildman–Crippen MR) is 109 cm³/mol. The summed E-state index contributed by atoms with van der Waals surface area (Å²) < 4.78 is 0. The minimum Gasteiger partial charge on any atom is -0.0985 e. The van der Waals surface area contributed by atoms with Crippen molar-refractivity contribution < 1.29 is 0 Å². The highest BCUT2D eigenvalue weighted by atomic mass is 31.1. The van der Waals surface area contributed by atoms with E-state index in [1.807, 2.05) is 6.08 Å². The summed E-state index contributed by atoms with van der Waals surface area (Å²) in [6.45, 7) is 6.21. The first kappa shape index (κ1) is 16.7. The van der Waals surface area contributed by atoms with Crippen LogP contribution in [0.15, 0.2) is 91.5 Å². The first-order valence-corrected chi connectivity index (χ1v) is 9.80. The van der Waals surface area contributed by atoms with Crippen LogP contribution >= 0.6 is 7.92 Å². The van der Waals surface area contributed by atoms with Gasteiger partial charge < -0.3 is 0 Å². The molecular formula is C23H23P. The van der Waals surface area contributed by atoms with E-state index in [1.54, 1.807) is 0 Å². The van der Waals surface area contributed by atoms with Crippen molar-refractivity contribution in [2.45, 2.75) is 19.0 Å². The zero-order chi connectivity index (χ0) is 16.8. The number of rotatable bonds is 6. The van der Waals surface area contributed by atoms with E-state index in [0.717, 1.165) is 6.42 Å². The van der Waals surface area contributed by atoms with E-state index < -0.39 is 0 Å². The third-order valence-corrected chi connectivity index (χ3v) is 7.03. The fourth-order valence-electron chi connectivity index (χ4n) is 3.06. The molecule has 0 amide bonds. The van der Waals surface area contributed by atoms with Crippen molar-refractivity contribution in [1.29, 1.82) is 0 Å². The molecule has 0 radical (unpaired) electrons. The van der Waals surface area contributed by atoms with Crippen LogP contribution in [0.25, 0.3) is 6.08 Å². The lowest BCUT2D eigenvalue weighted by Crippen LogP contribution is -2.21. The van der Waals surface area contributed by atoms with Crippen LogP contribution in [-0.4, -0.2) is 5.66 Å². The Morgan fingerprint density at radius 1 is 0.792 bits per heavy atom. The highest BCUT2D eigenvalue weighted by Crippen LogP contribution is 2.40. The molecular weight excluding hydrogens is 307 g/mol. The molecule has 3 rings (SSSR count). The average molecular weight is 330 g/mol. The van der Waals surface area contributed by atoms with Crippen molar-refractivity contribution in [2.75, 3.05) is 0 Å². The van der Waals surface area contributed by atoms with E-state index in [4.69, 9.17) is 0 Å². The minimum atomic E-state index is -0.367. The van der Waals surface area contributed by atoms with Gasteiger partial charge in [0.2, 0.25) is 0 Å². The van der Waals surface area contributed by atoms with Crippen LogP contribution in [-0.2, 0) is 6.42 Å². The van der Waals surface area contributed by atoms with Gasteiger partial charge in [0, 0.05) is 0 Å². The summed E-state index contributed by atoms with van der Waals surface area (Å²) in [6, 6.07) is 30.7. The van der Waals surface area contributed by atoms with Crippen molar-refractivity contribution in [2.24, 2.45) is 0 Å². The van der Waals surface area contributed by atoms with Crippen LogP contribution in [0.2, 0.25) is 0 Å². The molecule has 24 heavy (non-hydrogen) atoms. The second kappa shape index (κ2) is 8.08. The van der Waals surface area contributed by atoms with Crippen LogP contribution in [0.1, 0.15) is 18.1 Å². The van der Waals surface area contributed by atoms with Crippen molar-refractivity contribution in [1.82, 2.24) is 0 Å². The fraction of sp³-hybridized carbons (Fsp3) is 0.130. The van der Waals surface area contributed by atoms with Gasteiger partial charge in [-0.25, -0.2) is 0 Å². The van der Waals surface area contributed by atoms with Gasteiger partial charge in [-0.15, -0.1) is 0 Å². The Kier molecular flexibility index (Phi) is 5.62. The van der Waals surface area contributed by atoms with Crippen molar-refractivity contribution in [3.05, 3.63) is 103 Å². The second-order valence-electron chi connectivity index (χ2n) is 6.04. The molecule has 1 heteroatoms. The molecule has 0 saturated heterocycles. The lowest BCUT2D eigenvalue weighted by atomic mass is 10.1. The highest BCUT2D eigenvalue weighted by Gasteiger charge is 2.20. The molecule has 3 aromatic rings. The van der Waals surface area contributed by atoms with E-state index >= 15 is 0 Å². The molecule has 0 fully saturated rings. The second-order valence-corrected chi connectivity index (χ2v) is 8.69. The highest BCUT2D eigenvalue weighted by molar-refractivity contribution is 7.73. The molecule has 0 bridgehead atoms. The lowest BCUT2D eigenvalue weighted by molar-refractivity contribution is 0.935. The van der Waals surface area contributed by atoms with Crippen molar-refractivity contribution >= 4 is 24.6 Å². The van der Waals surface area contributed by atoms with Crippen molar-refractivity contribution in [3.8, 4) is 0 Å². The fourth-order valence-corrected chi connectivity index (χ4v) is 5.75. The summed E-state index contributed by atoms with van der Waals surface area (Å²) in [5.74, 6) is 0. The Balaban J connectivity index is 1.88. The van der Waals surface area contributed by atoms with Gasteiger partial charge in [0.1, 0.15) is 0 Å². The first-order chi connectivity index (χ1) is 11.8. The molecule has 0 nitrogen and oxygen atoms in total. The van der Waals surface area contributed by atoms with Gasteiger partial charge in [0.05, 0.1) is 0 Å². The molecule has 0 aromatic heterocycles. The molecule has 0 saturated carbocycles. The summed E-state index contributed by atoms with van der Waals surface area (Å²) >= 11 is 0. The van der Waals surface area contributed by atoms with Crippen molar-refractivity contribution in [3.63, 3.8) is 0 Å². The molecule has 0 aliphatic carbocycles. The summed E-state index contributed by atoms with van der Waals surface area (Å²) in [5.41, 5.74) is 3.16. The summed E-state index contributed by atoms with van der Waals surface area (Å²) in [6.07, 6.45) is 2.99. The monoisotopic (exact) mass is 330 g/mol. The van der Waals surface area contributed by atoms with Gasteiger partial charge in [-0.2, -0.15) is 0 Å². The van der Waals surface area contributed by atoms with Gasteiger partial charge in [0.15, 0.2) is 0 Å². The quantitative estimate of drug-likeness (QED) is 0.531. The van der Waals surface area contributed by atoms with Crippen LogP contribution in [0.3, 0.4) is 0 Å². The molecule has 120 valence electrons. The Labute approximate surface area is 146 Å². The zero-order valence-corrected chi connectivity index (χ0v) is 15.0. The molecule has 1 atom stereocenters. The normalized spacial score (nSPS) is 12.1. The Morgan fingerprint density at radius 2 is 1.29 bits per heavy atom. The van der Waals surface area contributed by atoms with E-state index in [1.165, 1.54) is 21.7 Å². The molecule has 0 aliphatic rings.